The Morgan fingerprint density at radius 1 is 1.00 bits per heavy atom. The van der Waals surface area contributed by atoms with Crippen LogP contribution < -0.4 is 10.1 Å². The van der Waals surface area contributed by atoms with Crippen LogP contribution in [0.4, 0.5) is 5.69 Å². The van der Waals surface area contributed by atoms with Crippen molar-refractivity contribution in [3.63, 3.8) is 0 Å². The molecule has 1 aromatic heterocycles. The summed E-state index contributed by atoms with van der Waals surface area (Å²) in [5.74, 6) is 1.75. The second-order valence-electron chi connectivity index (χ2n) is 7.71. The van der Waals surface area contributed by atoms with Crippen LogP contribution in [0.5, 0.6) is 5.75 Å². The lowest BCUT2D eigenvalue weighted by Gasteiger charge is -2.34. The fourth-order valence-corrected chi connectivity index (χ4v) is 3.86. The molecule has 3 aromatic rings. The Bertz CT molecular complexity index is 980. The second kappa shape index (κ2) is 10.2. The van der Waals surface area contributed by atoms with Crippen molar-refractivity contribution in [2.75, 3.05) is 51.7 Å². The van der Waals surface area contributed by atoms with E-state index in [2.05, 4.69) is 36.8 Å². The summed E-state index contributed by atoms with van der Waals surface area (Å²) in [6.07, 6.45) is 3.91. The van der Waals surface area contributed by atoms with Crippen LogP contribution in [0.25, 0.3) is 11.4 Å². The molecule has 1 N–H and O–H groups in total. The molecule has 1 amide bonds. The molecule has 0 saturated carbocycles. The Morgan fingerprint density at radius 2 is 1.77 bits per heavy atom. The number of ether oxygens (including phenoxy) is 1. The minimum atomic E-state index is 0.00706. The molecule has 0 unspecified atom stereocenters. The number of benzene rings is 2. The first-order valence-corrected chi connectivity index (χ1v) is 10.7. The van der Waals surface area contributed by atoms with Crippen LogP contribution in [0.2, 0.25) is 0 Å². The first-order valence-electron chi connectivity index (χ1n) is 10.7. The van der Waals surface area contributed by atoms with Crippen LogP contribution in [0.1, 0.15) is 0 Å². The number of hydrogen-bond acceptors (Lipinski definition) is 5. The van der Waals surface area contributed by atoms with Gasteiger partial charge in [0, 0.05) is 69.0 Å². The van der Waals surface area contributed by atoms with Crippen LogP contribution in [0.15, 0.2) is 67.0 Å². The van der Waals surface area contributed by atoms with E-state index in [4.69, 9.17) is 4.74 Å². The van der Waals surface area contributed by atoms with E-state index in [9.17, 15) is 4.79 Å². The van der Waals surface area contributed by atoms with Crippen molar-refractivity contribution in [2.45, 2.75) is 6.54 Å². The quantitative estimate of drug-likeness (QED) is 0.608. The monoisotopic (exact) mass is 419 g/mol. The number of nitrogens with one attached hydrogen (secondary N) is 1. The molecule has 0 bridgehead atoms. The van der Waals surface area contributed by atoms with Crippen LogP contribution >= 0.6 is 0 Å². The zero-order valence-electron chi connectivity index (χ0n) is 17.9. The number of piperazine rings is 1. The molecule has 2 aromatic carbocycles. The third-order valence-corrected chi connectivity index (χ3v) is 5.59. The van der Waals surface area contributed by atoms with E-state index in [0.717, 1.165) is 62.1 Å². The van der Waals surface area contributed by atoms with Crippen molar-refractivity contribution in [3.8, 4) is 17.1 Å². The van der Waals surface area contributed by atoms with Gasteiger partial charge in [0.25, 0.3) is 0 Å². The van der Waals surface area contributed by atoms with Gasteiger partial charge >= 0.3 is 0 Å². The fourth-order valence-electron chi connectivity index (χ4n) is 3.86. The minimum absolute atomic E-state index is 0.00706. The topological polar surface area (TPSA) is 62.6 Å². The summed E-state index contributed by atoms with van der Waals surface area (Å²) in [6.45, 7) is 5.98. The number of anilines is 1. The molecule has 1 aliphatic rings. The van der Waals surface area contributed by atoms with Gasteiger partial charge in [0.2, 0.25) is 5.91 Å². The number of nitrogens with zero attached hydrogens (tertiary/aromatic N) is 4. The number of rotatable bonds is 8. The van der Waals surface area contributed by atoms with E-state index >= 15 is 0 Å². The van der Waals surface area contributed by atoms with E-state index < -0.39 is 0 Å². The molecule has 0 aliphatic carbocycles. The van der Waals surface area contributed by atoms with Gasteiger partial charge in [0.1, 0.15) is 11.6 Å². The van der Waals surface area contributed by atoms with Gasteiger partial charge in [-0.2, -0.15) is 0 Å². The Morgan fingerprint density at radius 3 is 2.55 bits per heavy atom. The number of hydrogen-bond donors (Lipinski definition) is 1. The summed E-state index contributed by atoms with van der Waals surface area (Å²) in [6, 6.07) is 17.7. The standard InChI is InChI=1S/C24H29N5O2/c1-31-22-9-5-8-21(18-22)26-23(30)19-28-14-12-27(13-15-28)16-17-29-11-10-25-24(29)20-6-3-2-4-7-20/h2-11,18H,12-17,19H2,1H3,(H,26,30). The van der Waals surface area contributed by atoms with E-state index in [0.29, 0.717) is 6.54 Å². The zero-order chi connectivity index (χ0) is 21.5. The van der Waals surface area contributed by atoms with Gasteiger partial charge in [0.05, 0.1) is 13.7 Å². The van der Waals surface area contributed by atoms with Crippen molar-refractivity contribution in [2.24, 2.45) is 0 Å². The van der Waals surface area contributed by atoms with E-state index in [1.807, 2.05) is 54.9 Å². The van der Waals surface area contributed by atoms with E-state index in [-0.39, 0.29) is 5.91 Å². The molecule has 0 spiro atoms. The maximum absolute atomic E-state index is 12.4. The van der Waals surface area contributed by atoms with Gasteiger partial charge in [-0.25, -0.2) is 4.98 Å². The van der Waals surface area contributed by atoms with Crippen molar-refractivity contribution in [1.82, 2.24) is 19.4 Å². The lowest BCUT2D eigenvalue weighted by molar-refractivity contribution is -0.117. The largest absolute Gasteiger partial charge is 0.497 e. The number of methoxy groups -OCH3 is 1. The van der Waals surface area contributed by atoms with Crippen LogP contribution in [-0.4, -0.2) is 71.6 Å². The van der Waals surface area contributed by atoms with Crippen molar-refractivity contribution >= 4 is 11.6 Å². The molecule has 162 valence electrons. The number of imidazole rings is 1. The van der Waals surface area contributed by atoms with Crippen LogP contribution in [0.3, 0.4) is 0 Å². The summed E-state index contributed by atoms with van der Waals surface area (Å²) < 4.78 is 7.42. The predicted octanol–water partition coefficient (Wildman–Crippen LogP) is 2.82. The maximum Gasteiger partial charge on any atom is 0.238 e. The average Bonchev–Trinajstić information content (AvgIpc) is 3.28. The molecule has 1 saturated heterocycles. The van der Waals surface area contributed by atoms with Crippen LogP contribution in [-0.2, 0) is 11.3 Å². The highest BCUT2D eigenvalue weighted by molar-refractivity contribution is 5.92. The smallest absolute Gasteiger partial charge is 0.238 e. The molecule has 7 heteroatoms. The third-order valence-electron chi connectivity index (χ3n) is 5.59. The molecule has 0 radical (unpaired) electrons. The molecular weight excluding hydrogens is 390 g/mol. The number of aromatic nitrogens is 2. The molecular formula is C24H29N5O2. The van der Waals surface area contributed by atoms with Gasteiger partial charge in [-0.05, 0) is 12.1 Å². The summed E-state index contributed by atoms with van der Waals surface area (Å²) in [5, 5.41) is 2.96. The third kappa shape index (κ3) is 5.71. The van der Waals surface area contributed by atoms with Crippen molar-refractivity contribution in [3.05, 3.63) is 67.0 Å². The van der Waals surface area contributed by atoms with Gasteiger partial charge < -0.3 is 14.6 Å². The zero-order valence-corrected chi connectivity index (χ0v) is 17.9. The first-order chi connectivity index (χ1) is 15.2. The van der Waals surface area contributed by atoms with Gasteiger partial charge in [0.15, 0.2) is 0 Å². The Balaban J connectivity index is 1.22. The molecule has 1 fully saturated rings. The Labute approximate surface area is 183 Å². The summed E-state index contributed by atoms with van der Waals surface area (Å²) in [7, 11) is 1.62. The minimum Gasteiger partial charge on any atom is -0.497 e. The average molecular weight is 420 g/mol. The van der Waals surface area contributed by atoms with Gasteiger partial charge in [-0.1, -0.05) is 36.4 Å². The highest BCUT2D eigenvalue weighted by atomic mass is 16.5. The van der Waals surface area contributed by atoms with Crippen LogP contribution in [0, 0.1) is 0 Å². The molecule has 0 atom stereocenters. The second-order valence-corrected chi connectivity index (χ2v) is 7.71. The number of amides is 1. The SMILES string of the molecule is COc1cccc(NC(=O)CN2CCN(CCn3ccnc3-c3ccccc3)CC2)c1. The number of carbonyl (C=O) groups is 1. The highest BCUT2D eigenvalue weighted by Gasteiger charge is 2.19. The highest BCUT2D eigenvalue weighted by Crippen LogP contribution is 2.18. The lowest BCUT2D eigenvalue weighted by Crippen LogP contribution is -2.49. The van der Waals surface area contributed by atoms with Gasteiger partial charge in [-0.3, -0.25) is 14.6 Å². The van der Waals surface area contributed by atoms with E-state index in [1.165, 1.54) is 0 Å². The summed E-state index contributed by atoms with van der Waals surface area (Å²) in [4.78, 5) is 21.6. The molecule has 31 heavy (non-hydrogen) atoms. The Hall–Kier alpha value is -3.16. The molecule has 7 nitrogen and oxygen atoms in total. The molecule has 1 aliphatic heterocycles. The maximum atomic E-state index is 12.4. The van der Waals surface area contributed by atoms with Gasteiger partial charge in [-0.15, -0.1) is 0 Å². The predicted molar refractivity (Wildman–Crippen MR) is 122 cm³/mol. The fraction of sp³-hybridized carbons (Fsp3) is 0.333. The van der Waals surface area contributed by atoms with Crippen molar-refractivity contribution in [1.29, 1.82) is 0 Å². The molecule has 4 rings (SSSR count). The van der Waals surface area contributed by atoms with Crippen molar-refractivity contribution < 1.29 is 9.53 Å². The normalized spacial score (nSPS) is 15.0. The summed E-state index contributed by atoms with van der Waals surface area (Å²) >= 11 is 0. The number of carbonyl (C=O) groups excluding carboxylic acids is 1. The summed E-state index contributed by atoms with van der Waals surface area (Å²) in [5.41, 5.74) is 1.90. The Kier molecular flexibility index (Phi) is 6.96. The first kappa shape index (κ1) is 21.1. The van der Waals surface area contributed by atoms with E-state index in [1.54, 1.807) is 7.11 Å². The molecule has 2 heterocycles. The lowest BCUT2D eigenvalue weighted by atomic mass is 10.2.